The second-order valence-electron chi connectivity index (χ2n) is 6.07. The van der Waals surface area contributed by atoms with Crippen molar-refractivity contribution in [2.75, 3.05) is 11.1 Å². The third kappa shape index (κ3) is 3.08. The summed E-state index contributed by atoms with van der Waals surface area (Å²) < 4.78 is 5.81. The monoisotopic (exact) mass is 325 g/mol. The fraction of sp³-hybridized carbons (Fsp3) is 0.316. The van der Waals surface area contributed by atoms with Crippen LogP contribution in [0.5, 0.6) is 0 Å². The molecule has 1 fully saturated rings. The molecule has 1 N–H and O–H groups in total. The van der Waals surface area contributed by atoms with Gasteiger partial charge < -0.3 is 9.73 Å². The van der Waals surface area contributed by atoms with E-state index in [1.54, 1.807) is 11.8 Å². The molecule has 23 heavy (non-hydrogen) atoms. The van der Waals surface area contributed by atoms with E-state index in [0.717, 1.165) is 27.6 Å². The van der Waals surface area contributed by atoms with Crippen molar-refractivity contribution in [1.29, 1.82) is 0 Å². The van der Waals surface area contributed by atoms with Crippen LogP contribution < -0.4 is 5.32 Å². The molecule has 4 heteroatoms. The van der Waals surface area contributed by atoms with Crippen LogP contribution in [0.1, 0.15) is 25.7 Å². The van der Waals surface area contributed by atoms with Crippen LogP contribution in [0.3, 0.4) is 0 Å². The molecule has 0 atom stereocenters. The average Bonchev–Trinajstić information content (AvgIpc) is 3.20. The molecular weight excluding hydrogens is 306 g/mol. The van der Waals surface area contributed by atoms with Gasteiger partial charge in [-0.15, -0.1) is 11.8 Å². The first-order valence-corrected chi connectivity index (χ1v) is 9.17. The topological polar surface area (TPSA) is 42.2 Å². The Labute approximate surface area is 139 Å². The van der Waals surface area contributed by atoms with E-state index in [2.05, 4.69) is 5.32 Å². The van der Waals surface area contributed by atoms with Gasteiger partial charge in [-0.1, -0.05) is 31.0 Å². The number of anilines is 1. The molecule has 4 rings (SSSR count). The number of carbonyl (C=O) groups is 1. The SMILES string of the molecule is O=C(CSC1CCCC1)Nc1ccc2oc3ccccc3c2c1. The molecule has 0 spiro atoms. The first-order chi connectivity index (χ1) is 11.3. The fourth-order valence-corrected chi connectivity index (χ4v) is 4.38. The molecule has 1 aliphatic rings. The lowest BCUT2D eigenvalue weighted by Gasteiger charge is -2.09. The number of amides is 1. The van der Waals surface area contributed by atoms with Gasteiger partial charge in [0.1, 0.15) is 11.2 Å². The Morgan fingerprint density at radius 2 is 1.87 bits per heavy atom. The maximum absolute atomic E-state index is 12.2. The van der Waals surface area contributed by atoms with Crippen molar-refractivity contribution in [2.24, 2.45) is 0 Å². The summed E-state index contributed by atoms with van der Waals surface area (Å²) in [6.07, 6.45) is 5.13. The van der Waals surface area contributed by atoms with Crippen molar-refractivity contribution in [2.45, 2.75) is 30.9 Å². The first-order valence-electron chi connectivity index (χ1n) is 8.12. The van der Waals surface area contributed by atoms with Crippen molar-refractivity contribution in [3.8, 4) is 0 Å². The van der Waals surface area contributed by atoms with Gasteiger partial charge in [-0.3, -0.25) is 4.79 Å². The Bertz CT molecular complexity index is 849. The van der Waals surface area contributed by atoms with Gasteiger partial charge >= 0.3 is 0 Å². The zero-order chi connectivity index (χ0) is 15.6. The second-order valence-corrected chi connectivity index (χ2v) is 7.36. The van der Waals surface area contributed by atoms with E-state index in [9.17, 15) is 4.79 Å². The third-order valence-electron chi connectivity index (χ3n) is 4.41. The predicted octanol–water partition coefficient (Wildman–Crippen LogP) is 5.20. The van der Waals surface area contributed by atoms with Crippen LogP contribution in [0.15, 0.2) is 46.9 Å². The van der Waals surface area contributed by atoms with Gasteiger partial charge in [0.2, 0.25) is 5.91 Å². The highest BCUT2D eigenvalue weighted by atomic mass is 32.2. The van der Waals surface area contributed by atoms with Crippen LogP contribution in [0.4, 0.5) is 5.69 Å². The summed E-state index contributed by atoms with van der Waals surface area (Å²) in [4.78, 5) is 12.2. The minimum absolute atomic E-state index is 0.0778. The van der Waals surface area contributed by atoms with Gasteiger partial charge in [0.15, 0.2) is 0 Å². The van der Waals surface area contributed by atoms with E-state index in [4.69, 9.17) is 4.42 Å². The van der Waals surface area contributed by atoms with E-state index in [0.29, 0.717) is 11.0 Å². The van der Waals surface area contributed by atoms with Gasteiger partial charge in [0.25, 0.3) is 0 Å². The fourth-order valence-electron chi connectivity index (χ4n) is 3.25. The number of furan rings is 1. The summed E-state index contributed by atoms with van der Waals surface area (Å²) in [5, 5.41) is 5.80. The second kappa shape index (κ2) is 6.28. The van der Waals surface area contributed by atoms with Crippen LogP contribution in [0.2, 0.25) is 0 Å². The van der Waals surface area contributed by atoms with Crippen molar-refractivity contribution in [1.82, 2.24) is 0 Å². The third-order valence-corrected chi connectivity index (χ3v) is 5.78. The summed E-state index contributed by atoms with van der Waals surface area (Å²) in [6.45, 7) is 0. The van der Waals surface area contributed by atoms with Crippen LogP contribution in [0, 0.1) is 0 Å². The molecule has 1 aromatic heterocycles. The molecule has 118 valence electrons. The maximum atomic E-state index is 12.2. The summed E-state index contributed by atoms with van der Waals surface area (Å²) in [5.41, 5.74) is 2.56. The summed E-state index contributed by atoms with van der Waals surface area (Å²) >= 11 is 1.79. The van der Waals surface area contributed by atoms with Crippen LogP contribution in [-0.4, -0.2) is 16.9 Å². The van der Waals surface area contributed by atoms with E-state index in [1.165, 1.54) is 25.7 Å². The molecule has 0 saturated heterocycles. The number of carbonyl (C=O) groups excluding carboxylic acids is 1. The Morgan fingerprint density at radius 1 is 1.09 bits per heavy atom. The molecule has 3 aromatic rings. The number of para-hydroxylation sites is 1. The molecule has 1 amide bonds. The summed E-state index contributed by atoms with van der Waals surface area (Å²) in [6, 6.07) is 13.8. The number of hydrogen-bond donors (Lipinski definition) is 1. The molecule has 1 saturated carbocycles. The zero-order valence-electron chi connectivity index (χ0n) is 12.9. The lowest BCUT2D eigenvalue weighted by Crippen LogP contribution is -2.15. The Kier molecular flexibility index (Phi) is 4.00. The van der Waals surface area contributed by atoms with Crippen molar-refractivity contribution in [3.05, 3.63) is 42.5 Å². The first kappa shape index (κ1) is 14.6. The highest BCUT2D eigenvalue weighted by molar-refractivity contribution is 8.00. The van der Waals surface area contributed by atoms with E-state index in [-0.39, 0.29) is 5.91 Å². The van der Waals surface area contributed by atoms with E-state index < -0.39 is 0 Å². The molecular formula is C19H19NO2S. The van der Waals surface area contributed by atoms with E-state index in [1.807, 2.05) is 42.5 Å². The minimum Gasteiger partial charge on any atom is -0.456 e. The van der Waals surface area contributed by atoms with Gasteiger partial charge in [-0.05, 0) is 37.1 Å². The summed E-state index contributed by atoms with van der Waals surface area (Å²) in [5.74, 6) is 0.614. The minimum atomic E-state index is 0.0778. The van der Waals surface area contributed by atoms with Gasteiger partial charge in [0.05, 0.1) is 5.75 Å². The molecule has 2 aromatic carbocycles. The van der Waals surface area contributed by atoms with Crippen LogP contribution in [0.25, 0.3) is 21.9 Å². The molecule has 0 bridgehead atoms. The van der Waals surface area contributed by atoms with E-state index >= 15 is 0 Å². The van der Waals surface area contributed by atoms with Crippen molar-refractivity contribution >= 4 is 45.3 Å². The lowest BCUT2D eigenvalue weighted by molar-refractivity contribution is -0.113. The van der Waals surface area contributed by atoms with Crippen molar-refractivity contribution < 1.29 is 9.21 Å². The normalized spacial score (nSPS) is 15.5. The summed E-state index contributed by atoms with van der Waals surface area (Å²) in [7, 11) is 0. The van der Waals surface area contributed by atoms with Gasteiger partial charge in [-0.2, -0.15) is 0 Å². The molecule has 0 aliphatic heterocycles. The molecule has 0 unspecified atom stereocenters. The maximum Gasteiger partial charge on any atom is 0.234 e. The molecule has 1 heterocycles. The number of fused-ring (bicyclic) bond motifs is 3. The quantitative estimate of drug-likeness (QED) is 0.717. The molecule has 0 radical (unpaired) electrons. The largest absolute Gasteiger partial charge is 0.456 e. The number of benzene rings is 2. The zero-order valence-corrected chi connectivity index (χ0v) is 13.7. The number of nitrogens with one attached hydrogen (secondary N) is 1. The lowest BCUT2D eigenvalue weighted by atomic mass is 10.1. The molecule has 3 nitrogen and oxygen atoms in total. The highest BCUT2D eigenvalue weighted by Crippen LogP contribution is 2.31. The number of rotatable bonds is 4. The Balaban J connectivity index is 1.49. The predicted molar refractivity (Wildman–Crippen MR) is 97.1 cm³/mol. The van der Waals surface area contributed by atoms with Crippen LogP contribution >= 0.6 is 11.8 Å². The standard InChI is InChI=1S/C19H19NO2S/c21-19(12-23-14-5-1-2-6-14)20-13-9-10-18-16(11-13)15-7-3-4-8-17(15)22-18/h3-4,7-11,14H,1-2,5-6,12H2,(H,20,21). The van der Waals surface area contributed by atoms with Gasteiger partial charge in [-0.25, -0.2) is 0 Å². The van der Waals surface area contributed by atoms with Gasteiger partial charge in [0, 0.05) is 21.7 Å². The number of hydrogen-bond acceptors (Lipinski definition) is 3. The average molecular weight is 325 g/mol. The van der Waals surface area contributed by atoms with Crippen molar-refractivity contribution in [3.63, 3.8) is 0 Å². The highest BCUT2D eigenvalue weighted by Gasteiger charge is 2.17. The Morgan fingerprint density at radius 3 is 2.74 bits per heavy atom. The Hall–Kier alpha value is -1.94. The van der Waals surface area contributed by atoms with Crippen LogP contribution in [-0.2, 0) is 4.79 Å². The number of thioether (sulfide) groups is 1. The smallest absolute Gasteiger partial charge is 0.234 e. The molecule has 1 aliphatic carbocycles.